The van der Waals surface area contributed by atoms with E-state index >= 15 is 0 Å². The first-order chi connectivity index (χ1) is 8.94. The molecule has 1 N–H and O–H groups in total. The van der Waals surface area contributed by atoms with Crippen molar-refractivity contribution < 1.29 is 4.79 Å². The van der Waals surface area contributed by atoms with Crippen molar-refractivity contribution >= 4 is 48.1 Å². The van der Waals surface area contributed by atoms with E-state index in [-0.39, 0.29) is 11.4 Å². The van der Waals surface area contributed by atoms with E-state index in [1.165, 1.54) is 19.5 Å². The van der Waals surface area contributed by atoms with E-state index in [0.717, 1.165) is 4.88 Å². The van der Waals surface area contributed by atoms with Crippen LogP contribution in [0.2, 0.25) is 0 Å². The van der Waals surface area contributed by atoms with Crippen molar-refractivity contribution in [3.05, 3.63) is 35.2 Å². The van der Waals surface area contributed by atoms with Gasteiger partial charge in [0.25, 0.3) is 5.91 Å². The smallest absolute Gasteiger partial charge is 0.261 e. The van der Waals surface area contributed by atoms with Crippen molar-refractivity contribution in [2.45, 2.75) is 26.3 Å². The van der Waals surface area contributed by atoms with Crippen LogP contribution in [-0.4, -0.2) is 11.4 Å². The molecule has 3 aromatic rings. The molecule has 0 aliphatic carbocycles. The Bertz CT molecular complexity index is 761. The van der Waals surface area contributed by atoms with Crippen LogP contribution >= 0.6 is 22.7 Å². The first kappa shape index (κ1) is 12.6. The van der Waals surface area contributed by atoms with Gasteiger partial charge in [-0.1, -0.05) is 18.2 Å². The highest BCUT2D eigenvalue weighted by Gasteiger charge is 2.18. The maximum absolute atomic E-state index is 12.2. The summed E-state index contributed by atoms with van der Waals surface area (Å²) in [6.07, 6.45) is 0. The van der Waals surface area contributed by atoms with Crippen molar-refractivity contribution in [3.63, 3.8) is 0 Å². The van der Waals surface area contributed by atoms with Crippen LogP contribution in [0.1, 0.15) is 30.4 Å². The van der Waals surface area contributed by atoms with Crippen LogP contribution < -0.4 is 5.32 Å². The molecule has 0 saturated carbocycles. The van der Waals surface area contributed by atoms with Crippen LogP contribution in [0, 0.1) is 0 Å². The monoisotopic (exact) mass is 289 g/mol. The number of hydrogen-bond acceptors (Lipinski definition) is 3. The fourth-order valence-electron chi connectivity index (χ4n) is 2.01. The zero-order valence-electron chi connectivity index (χ0n) is 11.1. The van der Waals surface area contributed by atoms with Crippen molar-refractivity contribution in [3.8, 4) is 0 Å². The number of fused-ring (bicyclic) bond motifs is 3. The molecule has 0 unspecified atom stereocenters. The van der Waals surface area contributed by atoms with Gasteiger partial charge in [-0.05, 0) is 32.9 Å². The lowest BCUT2D eigenvalue weighted by Gasteiger charge is -2.19. The molecule has 0 spiro atoms. The van der Waals surface area contributed by atoms with Gasteiger partial charge in [-0.2, -0.15) is 0 Å². The summed E-state index contributed by atoms with van der Waals surface area (Å²) in [5, 5.41) is 4.26. The van der Waals surface area contributed by atoms with Crippen molar-refractivity contribution in [2.75, 3.05) is 0 Å². The number of hydrogen-bond donors (Lipinski definition) is 1. The Morgan fingerprint density at radius 3 is 2.58 bits per heavy atom. The largest absolute Gasteiger partial charge is 0.347 e. The third kappa shape index (κ3) is 2.38. The summed E-state index contributed by atoms with van der Waals surface area (Å²) in [4.78, 5) is 13.0. The van der Waals surface area contributed by atoms with Crippen LogP contribution in [0.15, 0.2) is 30.3 Å². The van der Waals surface area contributed by atoms with E-state index in [2.05, 4.69) is 23.5 Å². The highest BCUT2D eigenvalue weighted by atomic mass is 32.1. The summed E-state index contributed by atoms with van der Waals surface area (Å²) < 4.78 is 3.71. The number of carbonyl (C=O) groups excluding carboxylic acids is 1. The minimum Gasteiger partial charge on any atom is -0.347 e. The molecule has 2 heterocycles. The van der Waals surface area contributed by atoms with Crippen LogP contribution in [0.3, 0.4) is 0 Å². The maximum atomic E-state index is 12.2. The van der Waals surface area contributed by atoms with Gasteiger partial charge in [0.15, 0.2) is 0 Å². The van der Waals surface area contributed by atoms with Crippen molar-refractivity contribution in [1.82, 2.24) is 5.32 Å². The molecule has 0 bridgehead atoms. The Balaban J connectivity index is 2.05. The summed E-state index contributed by atoms with van der Waals surface area (Å²) in [6, 6.07) is 10.3. The Morgan fingerprint density at radius 2 is 1.84 bits per heavy atom. The zero-order valence-corrected chi connectivity index (χ0v) is 12.7. The Labute approximate surface area is 120 Å². The fraction of sp³-hybridized carbons (Fsp3) is 0.267. The molecule has 2 aromatic heterocycles. The van der Waals surface area contributed by atoms with Gasteiger partial charge in [0, 0.05) is 20.3 Å². The molecular formula is C15H15NOS2. The van der Waals surface area contributed by atoms with Crippen LogP contribution in [0.25, 0.3) is 19.5 Å². The van der Waals surface area contributed by atoms with E-state index in [0.29, 0.717) is 0 Å². The molecule has 98 valence electrons. The SMILES string of the molecule is CC(C)(C)NC(=O)c1cc2sc3ccccc3c2s1. The standard InChI is InChI=1S/C15H15NOS2/c1-15(2,3)16-14(17)12-8-11-13(19-12)9-6-4-5-7-10(9)18-11/h4-8H,1-3H3,(H,16,17). The topological polar surface area (TPSA) is 29.1 Å². The number of amides is 1. The maximum Gasteiger partial charge on any atom is 0.261 e. The van der Waals surface area contributed by atoms with E-state index in [4.69, 9.17) is 0 Å². The normalized spacial score (nSPS) is 12.2. The Kier molecular flexibility index (Phi) is 2.87. The molecular weight excluding hydrogens is 274 g/mol. The van der Waals surface area contributed by atoms with Gasteiger partial charge in [-0.3, -0.25) is 4.79 Å². The molecule has 0 aliphatic rings. The first-order valence-corrected chi connectivity index (χ1v) is 7.81. The lowest BCUT2D eigenvalue weighted by molar-refractivity contribution is 0.0924. The number of thiophene rings is 2. The third-order valence-electron chi connectivity index (χ3n) is 2.76. The van der Waals surface area contributed by atoms with Crippen LogP contribution in [-0.2, 0) is 0 Å². The van der Waals surface area contributed by atoms with E-state index in [9.17, 15) is 4.79 Å². The zero-order chi connectivity index (χ0) is 13.6. The second kappa shape index (κ2) is 4.32. The summed E-state index contributed by atoms with van der Waals surface area (Å²) in [7, 11) is 0. The summed E-state index contributed by atoms with van der Waals surface area (Å²) in [6.45, 7) is 5.99. The number of rotatable bonds is 1. The average Bonchev–Trinajstić information content (AvgIpc) is 2.83. The molecule has 1 amide bonds. The lowest BCUT2D eigenvalue weighted by atomic mass is 10.1. The molecule has 19 heavy (non-hydrogen) atoms. The van der Waals surface area contributed by atoms with Crippen molar-refractivity contribution in [2.24, 2.45) is 0 Å². The molecule has 3 rings (SSSR count). The third-order valence-corrected chi connectivity index (χ3v) is 5.18. The molecule has 4 heteroatoms. The minimum atomic E-state index is -0.198. The first-order valence-electron chi connectivity index (χ1n) is 6.18. The van der Waals surface area contributed by atoms with Crippen molar-refractivity contribution in [1.29, 1.82) is 0 Å². The second-order valence-corrected chi connectivity index (χ2v) is 7.74. The Hall–Kier alpha value is -1.39. The fourth-order valence-corrected chi connectivity index (χ4v) is 4.43. The molecule has 0 radical (unpaired) electrons. The lowest BCUT2D eigenvalue weighted by Crippen LogP contribution is -2.40. The molecule has 0 fully saturated rings. The second-order valence-electron chi connectivity index (χ2n) is 5.61. The van der Waals surface area contributed by atoms with Gasteiger partial charge < -0.3 is 5.32 Å². The molecule has 0 aliphatic heterocycles. The number of nitrogens with one attached hydrogen (secondary N) is 1. The predicted molar refractivity (Wildman–Crippen MR) is 84.4 cm³/mol. The van der Waals surface area contributed by atoms with Crippen LogP contribution in [0.4, 0.5) is 0 Å². The highest BCUT2D eigenvalue weighted by Crippen LogP contribution is 2.39. The summed E-state index contributed by atoms with van der Waals surface area (Å²) in [5.74, 6) is 0.0185. The van der Waals surface area contributed by atoms with Gasteiger partial charge in [0.05, 0.1) is 9.58 Å². The Morgan fingerprint density at radius 1 is 1.11 bits per heavy atom. The average molecular weight is 289 g/mol. The summed E-state index contributed by atoms with van der Waals surface area (Å²) in [5.41, 5.74) is -0.198. The molecule has 0 saturated heterocycles. The van der Waals surface area contributed by atoms with Crippen LogP contribution in [0.5, 0.6) is 0 Å². The quantitative estimate of drug-likeness (QED) is 0.694. The van der Waals surface area contributed by atoms with Gasteiger partial charge >= 0.3 is 0 Å². The number of carbonyl (C=O) groups is 1. The molecule has 0 atom stereocenters. The minimum absolute atomic E-state index is 0.0185. The van der Waals surface area contributed by atoms with E-state index in [1.54, 1.807) is 22.7 Å². The van der Waals surface area contributed by atoms with E-state index in [1.807, 2.05) is 32.9 Å². The van der Waals surface area contributed by atoms with E-state index < -0.39 is 0 Å². The molecule has 2 nitrogen and oxygen atoms in total. The van der Waals surface area contributed by atoms with Gasteiger partial charge in [0.2, 0.25) is 0 Å². The highest BCUT2D eigenvalue weighted by molar-refractivity contribution is 7.33. The predicted octanol–water partition coefficient (Wildman–Crippen LogP) is 4.64. The molecule has 1 aromatic carbocycles. The van der Waals surface area contributed by atoms with Gasteiger partial charge in [0.1, 0.15) is 0 Å². The number of benzene rings is 1. The van der Waals surface area contributed by atoms with Gasteiger partial charge in [-0.25, -0.2) is 0 Å². The summed E-state index contributed by atoms with van der Waals surface area (Å²) >= 11 is 3.33. The van der Waals surface area contributed by atoms with Gasteiger partial charge in [-0.15, -0.1) is 22.7 Å².